The minimum Gasteiger partial charge on any atom is -0.380 e. The van der Waals surface area contributed by atoms with E-state index in [9.17, 15) is 4.79 Å². The van der Waals surface area contributed by atoms with Gasteiger partial charge in [0.1, 0.15) is 0 Å². The number of hydrogen-bond acceptors (Lipinski definition) is 2. The number of rotatable bonds is 0. The van der Waals surface area contributed by atoms with Crippen molar-refractivity contribution >= 4 is 33.2 Å². The van der Waals surface area contributed by atoms with E-state index in [0.29, 0.717) is 6.42 Å². The monoisotopic (exact) mass is 268 g/mol. The molecule has 1 aromatic carbocycles. The quantitative estimate of drug-likeness (QED) is 0.760. The Morgan fingerprint density at radius 2 is 2.20 bits per heavy atom. The van der Waals surface area contributed by atoms with Gasteiger partial charge in [-0.15, -0.1) is 0 Å². The molecule has 0 saturated carbocycles. The smallest absolute Gasteiger partial charge is 0.226 e. The highest BCUT2D eigenvalue weighted by Gasteiger charge is 2.19. The van der Waals surface area contributed by atoms with Crippen LogP contribution in [0.25, 0.3) is 0 Å². The molecule has 80 valence electrons. The molecule has 0 fully saturated rings. The lowest BCUT2D eigenvalue weighted by atomic mass is 10.2. The second kappa shape index (κ2) is 3.85. The van der Waals surface area contributed by atoms with Crippen LogP contribution in [0.4, 0.5) is 11.4 Å². The molecule has 3 nitrogen and oxygen atoms in total. The molecule has 1 amide bonds. The average molecular weight is 269 g/mol. The molecule has 1 aliphatic heterocycles. The number of hydrogen-bond donors (Lipinski definition) is 2. The van der Waals surface area contributed by atoms with E-state index in [0.717, 1.165) is 21.4 Å². The summed E-state index contributed by atoms with van der Waals surface area (Å²) in [7, 11) is 0. The van der Waals surface area contributed by atoms with Crippen LogP contribution in [0.5, 0.6) is 0 Å². The summed E-state index contributed by atoms with van der Waals surface area (Å²) in [4.78, 5) is 11.5. The lowest BCUT2D eigenvalue weighted by Crippen LogP contribution is -2.18. The summed E-state index contributed by atoms with van der Waals surface area (Å²) in [5, 5.41) is 6.22. The van der Waals surface area contributed by atoms with Gasteiger partial charge < -0.3 is 10.6 Å². The highest BCUT2D eigenvalue weighted by Crippen LogP contribution is 2.34. The summed E-state index contributed by atoms with van der Waals surface area (Å²) >= 11 is 3.46. The van der Waals surface area contributed by atoms with Gasteiger partial charge in [0.15, 0.2) is 0 Å². The van der Waals surface area contributed by atoms with Crippen LogP contribution in [0.2, 0.25) is 0 Å². The van der Waals surface area contributed by atoms with Gasteiger partial charge in [0.25, 0.3) is 0 Å². The Bertz CT molecular complexity index is 417. The zero-order valence-electron chi connectivity index (χ0n) is 8.73. The van der Waals surface area contributed by atoms with Crippen molar-refractivity contribution < 1.29 is 4.79 Å². The molecule has 0 radical (unpaired) electrons. The predicted octanol–water partition coefficient (Wildman–Crippen LogP) is 2.90. The van der Waals surface area contributed by atoms with Gasteiger partial charge in [0.05, 0.1) is 11.4 Å². The van der Waals surface area contributed by atoms with Crippen LogP contribution in [0.15, 0.2) is 16.6 Å². The Kier molecular flexibility index (Phi) is 2.69. The molecule has 0 saturated heterocycles. The van der Waals surface area contributed by atoms with Gasteiger partial charge in [0.2, 0.25) is 5.91 Å². The molecule has 0 spiro atoms. The van der Waals surface area contributed by atoms with Gasteiger partial charge in [-0.05, 0) is 47.5 Å². The van der Waals surface area contributed by atoms with E-state index in [1.165, 1.54) is 0 Å². The first-order valence-electron chi connectivity index (χ1n) is 4.93. The fourth-order valence-electron chi connectivity index (χ4n) is 1.77. The maximum atomic E-state index is 11.5. The molecule has 1 unspecified atom stereocenters. The van der Waals surface area contributed by atoms with Crippen LogP contribution >= 0.6 is 15.9 Å². The van der Waals surface area contributed by atoms with Gasteiger partial charge in [0, 0.05) is 16.9 Å². The van der Waals surface area contributed by atoms with Gasteiger partial charge >= 0.3 is 0 Å². The number of benzene rings is 1. The summed E-state index contributed by atoms with van der Waals surface area (Å²) in [5.41, 5.74) is 2.99. The Hall–Kier alpha value is -1.03. The minimum atomic E-state index is 0.0540. The van der Waals surface area contributed by atoms with Crippen LogP contribution < -0.4 is 10.6 Å². The number of fused-ring (bicyclic) bond motifs is 1. The molecule has 1 heterocycles. The number of amides is 1. The molecule has 4 heteroatoms. The van der Waals surface area contributed by atoms with Crippen LogP contribution in [-0.2, 0) is 4.79 Å². The van der Waals surface area contributed by atoms with Crippen molar-refractivity contribution in [1.29, 1.82) is 0 Å². The van der Waals surface area contributed by atoms with E-state index in [4.69, 9.17) is 0 Å². The number of anilines is 2. The Morgan fingerprint density at radius 3 is 2.93 bits per heavy atom. The largest absolute Gasteiger partial charge is 0.380 e. The van der Waals surface area contributed by atoms with Gasteiger partial charge in [-0.3, -0.25) is 4.79 Å². The van der Waals surface area contributed by atoms with Crippen molar-refractivity contribution in [3.8, 4) is 0 Å². The first kappa shape index (κ1) is 10.5. The van der Waals surface area contributed by atoms with Crippen LogP contribution in [0.3, 0.4) is 0 Å². The lowest BCUT2D eigenvalue weighted by molar-refractivity contribution is -0.116. The summed E-state index contributed by atoms with van der Waals surface area (Å²) in [6.45, 7) is 4.04. The lowest BCUT2D eigenvalue weighted by Gasteiger charge is -2.13. The van der Waals surface area contributed by atoms with Crippen LogP contribution in [-0.4, -0.2) is 11.9 Å². The SMILES string of the molecule is Cc1cc(Br)c2c(c1)NC(C)CC(=O)N2. The topological polar surface area (TPSA) is 41.1 Å². The normalized spacial score (nSPS) is 19.9. The molecular formula is C11H13BrN2O. The van der Waals surface area contributed by atoms with E-state index in [2.05, 4.69) is 26.6 Å². The molecule has 0 bridgehead atoms. The van der Waals surface area contributed by atoms with Gasteiger partial charge in [-0.1, -0.05) is 0 Å². The highest BCUT2D eigenvalue weighted by molar-refractivity contribution is 9.10. The van der Waals surface area contributed by atoms with Gasteiger partial charge in [-0.2, -0.15) is 0 Å². The van der Waals surface area contributed by atoms with Crippen LogP contribution in [0, 0.1) is 6.92 Å². The second-order valence-electron chi connectivity index (χ2n) is 3.97. The Labute approximate surface area is 97.4 Å². The second-order valence-corrected chi connectivity index (χ2v) is 4.82. The zero-order valence-corrected chi connectivity index (χ0v) is 10.3. The average Bonchev–Trinajstić information content (AvgIpc) is 2.22. The summed E-state index contributed by atoms with van der Waals surface area (Å²) in [6.07, 6.45) is 0.500. The van der Waals surface area contributed by atoms with Crippen molar-refractivity contribution in [1.82, 2.24) is 0 Å². The fourth-order valence-corrected chi connectivity index (χ4v) is 2.44. The molecule has 2 rings (SSSR count). The fraction of sp³-hybridized carbons (Fsp3) is 0.364. The summed E-state index contributed by atoms with van der Waals surface area (Å²) in [6, 6.07) is 4.21. The van der Waals surface area contributed by atoms with E-state index in [-0.39, 0.29) is 11.9 Å². The molecule has 2 N–H and O–H groups in total. The molecule has 1 atom stereocenters. The minimum absolute atomic E-state index is 0.0540. The maximum absolute atomic E-state index is 11.5. The van der Waals surface area contributed by atoms with E-state index in [1.54, 1.807) is 0 Å². The van der Waals surface area contributed by atoms with Crippen LogP contribution in [0.1, 0.15) is 18.9 Å². The Balaban J connectivity index is 2.50. The van der Waals surface area contributed by atoms with E-state index in [1.807, 2.05) is 26.0 Å². The van der Waals surface area contributed by atoms with Crippen molar-refractivity contribution in [3.05, 3.63) is 22.2 Å². The van der Waals surface area contributed by atoms with Crippen molar-refractivity contribution in [3.63, 3.8) is 0 Å². The third-order valence-corrected chi connectivity index (χ3v) is 3.02. The number of carbonyl (C=O) groups is 1. The molecule has 15 heavy (non-hydrogen) atoms. The third kappa shape index (κ3) is 2.15. The van der Waals surface area contributed by atoms with Crippen molar-refractivity contribution in [2.24, 2.45) is 0 Å². The summed E-state index contributed by atoms with van der Waals surface area (Å²) < 4.78 is 0.924. The molecule has 1 aromatic rings. The van der Waals surface area contributed by atoms with E-state index >= 15 is 0 Å². The first-order chi connectivity index (χ1) is 7.06. The highest BCUT2D eigenvalue weighted by atomic mass is 79.9. The number of nitrogens with one attached hydrogen (secondary N) is 2. The standard InChI is InChI=1S/C11H13BrN2O/c1-6-3-8(12)11-9(4-6)13-7(2)5-10(15)14-11/h3-4,7,13H,5H2,1-2H3,(H,14,15). The van der Waals surface area contributed by atoms with Gasteiger partial charge in [-0.25, -0.2) is 0 Å². The molecule has 0 aromatic heterocycles. The molecule has 1 aliphatic rings. The number of halogens is 1. The molecule has 0 aliphatic carbocycles. The third-order valence-electron chi connectivity index (χ3n) is 2.39. The number of aryl methyl sites for hydroxylation is 1. The predicted molar refractivity (Wildman–Crippen MR) is 65.2 cm³/mol. The molecular weight excluding hydrogens is 256 g/mol. The maximum Gasteiger partial charge on any atom is 0.226 e. The van der Waals surface area contributed by atoms with E-state index < -0.39 is 0 Å². The Morgan fingerprint density at radius 1 is 1.47 bits per heavy atom. The zero-order chi connectivity index (χ0) is 11.0. The summed E-state index contributed by atoms with van der Waals surface area (Å²) in [5.74, 6) is 0.0540. The first-order valence-corrected chi connectivity index (χ1v) is 5.72. The number of carbonyl (C=O) groups excluding carboxylic acids is 1. The van der Waals surface area contributed by atoms with Crippen molar-refractivity contribution in [2.75, 3.05) is 10.6 Å². The van der Waals surface area contributed by atoms with Crippen molar-refractivity contribution in [2.45, 2.75) is 26.3 Å².